The van der Waals surface area contributed by atoms with Crippen molar-refractivity contribution >= 4 is 11.6 Å². The molecule has 2 heterocycles. The molecule has 0 saturated carbocycles. The van der Waals surface area contributed by atoms with Gasteiger partial charge >= 0.3 is 0 Å². The van der Waals surface area contributed by atoms with Gasteiger partial charge in [-0.1, -0.05) is 30.3 Å². The number of quaternary nitrogens is 1. The standard InChI is InChI=1S/C23H29N3O2/c1-18(23(27)26-11-10-19-6-3-4-7-20(19)17-26)24-12-14-25(15-13-24)21-8-5-9-22(16-21)28-2/h3-9,16,18H,10-15,17H2,1-2H3/p+1/t18-/m1/s1. The minimum Gasteiger partial charge on any atom is -0.497 e. The molecule has 5 heteroatoms. The Hall–Kier alpha value is -2.53. The number of piperazine rings is 1. The van der Waals surface area contributed by atoms with Crippen LogP contribution in [0.2, 0.25) is 0 Å². The second-order valence-corrected chi connectivity index (χ2v) is 7.85. The molecule has 4 rings (SSSR count). The number of nitrogens with zero attached hydrogens (tertiary/aromatic N) is 2. The summed E-state index contributed by atoms with van der Waals surface area (Å²) in [6, 6.07) is 16.7. The van der Waals surface area contributed by atoms with E-state index in [9.17, 15) is 4.79 Å². The molecule has 2 aliphatic rings. The zero-order chi connectivity index (χ0) is 19.5. The van der Waals surface area contributed by atoms with Gasteiger partial charge < -0.3 is 19.4 Å². The molecule has 0 aromatic heterocycles. The Morgan fingerprint density at radius 1 is 1.04 bits per heavy atom. The van der Waals surface area contributed by atoms with Crippen LogP contribution < -0.4 is 14.5 Å². The fraction of sp³-hybridized carbons (Fsp3) is 0.435. The Morgan fingerprint density at radius 3 is 2.54 bits per heavy atom. The summed E-state index contributed by atoms with van der Waals surface area (Å²) < 4.78 is 5.35. The number of amides is 1. The molecule has 0 radical (unpaired) electrons. The molecular formula is C23H30N3O2+. The van der Waals surface area contributed by atoms with Crippen LogP contribution in [-0.4, -0.2) is 56.7 Å². The third-order valence-electron chi connectivity index (χ3n) is 6.25. The minimum atomic E-state index is 0.0118. The lowest BCUT2D eigenvalue weighted by molar-refractivity contribution is -0.915. The van der Waals surface area contributed by atoms with E-state index >= 15 is 0 Å². The summed E-state index contributed by atoms with van der Waals surface area (Å²) in [7, 11) is 1.70. The normalized spacial score (nSPS) is 18.5. The first-order valence-electron chi connectivity index (χ1n) is 10.2. The van der Waals surface area contributed by atoms with Crippen LogP contribution in [0.5, 0.6) is 5.75 Å². The summed E-state index contributed by atoms with van der Waals surface area (Å²) in [6.07, 6.45) is 0.966. The van der Waals surface area contributed by atoms with Crippen molar-refractivity contribution in [1.29, 1.82) is 0 Å². The minimum absolute atomic E-state index is 0.0118. The molecule has 1 amide bonds. The van der Waals surface area contributed by atoms with Gasteiger partial charge in [0, 0.05) is 24.8 Å². The highest BCUT2D eigenvalue weighted by atomic mass is 16.5. The van der Waals surface area contributed by atoms with Crippen LogP contribution in [0.25, 0.3) is 0 Å². The SMILES string of the molecule is COc1cccc(N2CC[NH+]([C@H](C)C(=O)N3CCc4ccccc4C3)CC2)c1. The molecule has 2 aliphatic heterocycles. The number of anilines is 1. The van der Waals surface area contributed by atoms with E-state index in [2.05, 4.69) is 53.1 Å². The van der Waals surface area contributed by atoms with E-state index in [1.807, 2.05) is 12.1 Å². The summed E-state index contributed by atoms with van der Waals surface area (Å²) in [5.41, 5.74) is 3.88. The predicted molar refractivity (Wildman–Crippen MR) is 111 cm³/mol. The molecule has 2 aromatic rings. The monoisotopic (exact) mass is 380 g/mol. The second-order valence-electron chi connectivity index (χ2n) is 7.85. The van der Waals surface area contributed by atoms with E-state index in [1.165, 1.54) is 21.7 Å². The summed E-state index contributed by atoms with van der Waals surface area (Å²) in [4.78, 5) is 18.9. The van der Waals surface area contributed by atoms with E-state index in [-0.39, 0.29) is 6.04 Å². The maximum absolute atomic E-state index is 13.1. The molecule has 2 aromatic carbocycles. The second kappa shape index (κ2) is 8.23. The molecule has 1 saturated heterocycles. The number of fused-ring (bicyclic) bond motifs is 1. The smallest absolute Gasteiger partial charge is 0.280 e. The number of benzene rings is 2. The highest BCUT2D eigenvalue weighted by Crippen LogP contribution is 2.21. The maximum Gasteiger partial charge on any atom is 0.280 e. The van der Waals surface area contributed by atoms with Crippen LogP contribution >= 0.6 is 0 Å². The number of carbonyl (C=O) groups is 1. The van der Waals surface area contributed by atoms with Crippen LogP contribution in [0, 0.1) is 0 Å². The van der Waals surface area contributed by atoms with Crippen molar-refractivity contribution in [2.45, 2.75) is 25.9 Å². The van der Waals surface area contributed by atoms with Gasteiger partial charge in [-0.3, -0.25) is 4.79 Å². The molecule has 28 heavy (non-hydrogen) atoms. The average molecular weight is 381 g/mol. The third kappa shape index (κ3) is 3.85. The number of hydrogen-bond donors (Lipinski definition) is 1. The lowest BCUT2D eigenvalue weighted by Gasteiger charge is -2.38. The number of methoxy groups -OCH3 is 1. The van der Waals surface area contributed by atoms with Crippen molar-refractivity contribution < 1.29 is 14.4 Å². The Kier molecular flexibility index (Phi) is 5.53. The van der Waals surface area contributed by atoms with Crippen molar-refractivity contribution in [1.82, 2.24) is 4.90 Å². The Labute approximate surface area is 167 Å². The van der Waals surface area contributed by atoms with Gasteiger partial charge in [0.25, 0.3) is 5.91 Å². The molecular weight excluding hydrogens is 350 g/mol. The first-order valence-corrected chi connectivity index (χ1v) is 10.2. The summed E-state index contributed by atoms with van der Waals surface area (Å²) >= 11 is 0. The quantitative estimate of drug-likeness (QED) is 0.871. The first kappa shape index (κ1) is 18.8. The number of nitrogens with one attached hydrogen (secondary N) is 1. The van der Waals surface area contributed by atoms with Gasteiger partial charge in [0.1, 0.15) is 5.75 Å². The number of ether oxygens (including phenoxy) is 1. The number of rotatable bonds is 4. The molecule has 0 unspecified atom stereocenters. The van der Waals surface area contributed by atoms with Gasteiger partial charge in [0.05, 0.1) is 33.3 Å². The summed E-state index contributed by atoms with van der Waals surface area (Å²) in [5, 5.41) is 0. The summed E-state index contributed by atoms with van der Waals surface area (Å²) in [5.74, 6) is 1.18. The van der Waals surface area contributed by atoms with Crippen LogP contribution in [0.4, 0.5) is 5.69 Å². The molecule has 0 bridgehead atoms. The summed E-state index contributed by atoms with van der Waals surface area (Å²) in [6.45, 7) is 7.57. The van der Waals surface area contributed by atoms with Gasteiger partial charge in [-0.05, 0) is 36.6 Å². The fourth-order valence-electron chi connectivity index (χ4n) is 4.42. The van der Waals surface area contributed by atoms with Gasteiger partial charge in [-0.25, -0.2) is 0 Å². The van der Waals surface area contributed by atoms with E-state index in [1.54, 1.807) is 7.11 Å². The van der Waals surface area contributed by atoms with Crippen molar-refractivity contribution in [3.05, 3.63) is 59.7 Å². The van der Waals surface area contributed by atoms with Crippen LogP contribution in [0.1, 0.15) is 18.1 Å². The molecule has 5 nitrogen and oxygen atoms in total. The van der Waals surface area contributed by atoms with E-state index in [0.717, 1.165) is 51.4 Å². The topological polar surface area (TPSA) is 37.2 Å². The number of hydrogen-bond acceptors (Lipinski definition) is 3. The molecule has 0 spiro atoms. The van der Waals surface area contributed by atoms with Gasteiger partial charge in [-0.15, -0.1) is 0 Å². The lowest BCUT2D eigenvalue weighted by atomic mass is 9.99. The maximum atomic E-state index is 13.1. The van der Waals surface area contributed by atoms with Crippen LogP contribution in [-0.2, 0) is 17.8 Å². The Bertz CT molecular complexity index is 830. The van der Waals surface area contributed by atoms with Gasteiger partial charge in [-0.2, -0.15) is 0 Å². The van der Waals surface area contributed by atoms with E-state index in [4.69, 9.17) is 4.74 Å². The Balaban J connectivity index is 1.35. The van der Waals surface area contributed by atoms with Crippen molar-refractivity contribution in [3.63, 3.8) is 0 Å². The number of carbonyl (C=O) groups excluding carboxylic acids is 1. The van der Waals surface area contributed by atoms with Gasteiger partial charge in [0.2, 0.25) is 0 Å². The van der Waals surface area contributed by atoms with Crippen molar-refractivity contribution in [3.8, 4) is 5.75 Å². The molecule has 1 fully saturated rings. The van der Waals surface area contributed by atoms with E-state index in [0.29, 0.717) is 5.91 Å². The Morgan fingerprint density at radius 2 is 1.79 bits per heavy atom. The zero-order valence-electron chi connectivity index (χ0n) is 16.9. The largest absolute Gasteiger partial charge is 0.497 e. The van der Waals surface area contributed by atoms with Crippen molar-refractivity contribution in [2.24, 2.45) is 0 Å². The van der Waals surface area contributed by atoms with Crippen LogP contribution in [0.3, 0.4) is 0 Å². The zero-order valence-corrected chi connectivity index (χ0v) is 16.9. The van der Waals surface area contributed by atoms with Crippen molar-refractivity contribution in [2.75, 3.05) is 44.7 Å². The molecule has 148 valence electrons. The molecule has 0 aliphatic carbocycles. The average Bonchev–Trinajstić information content (AvgIpc) is 2.78. The third-order valence-corrected chi connectivity index (χ3v) is 6.25. The predicted octanol–water partition coefficient (Wildman–Crippen LogP) is 1.37. The molecule has 1 atom stereocenters. The van der Waals surface area contributed by atoms with Gasteiger partial charge in [0.15, 0.2) is 6.04 Å². The lowest BCUT2D eigenvalue weighted by Crippen LogP contribution is -3.19. The van der Waals surface area contributed by atoms with Crippen LogP contribution in [0.15, 0.2) is 48.5 Å². The fourth-order valence-corrected chi connectivity index (χ4v) is 4.42. The molecule has 1 N–H and O–H groups in total. The highest BCUT2D eigenvalue weighted by Gasteiger charge is 2.33. The first-order chi connectivity index (χ1) is 13.7. The van der Waals surface area contributed by atoms with E-state index < -0.39 is 0 Å². The highest BCUT2D eigenvalue weighted by molar-refractivity contribution is 5.80.